The summed E-state index contributed by atoms with van der Waals surface area (Å²) in [6, 6.07) is 12.6. The van der Waals surface area contributed by atoms with Crippen LogP contribution >= 0.6 is 11.8 Å². The van der Waals surface area contributed by atoms with Gasteiger partial charge >= 0.3 is 6.18 Å². The first-order chi connectivity index (χ1) is 12.8. The van der Waals surface area contributed by atoms with Gasteiger partial charge in [0, 0.05) is 20.9 Å². The zero-order valence-electron chi connectivity index (χ0n) is 14.0. The van der Waals surface area contributed by atoms with Gasteiger partial charge in [-0.2, -0.15) is 18.3 Å². The van der Waals surface area contributed by atoms with Crippen LogP contribution in [0, 0.1) is 0 Å². The number of nitrogens with zero attached hydrogens (tertiary/aromatic N) is 2. The first-order valence-corrected chi connectivity index (χ1v) is 8.96. The van der Waals surface area contributed by atoms with E-state index in [1.807, 2.05) is 24.3 Å². The van der Waals surface area contributed by atoms with E-state index in [0.717, 1.165) is 38.8 Å². The van der Waals surface area contributed by atoms with E-state index < -0.39 is 17.6 Å². The smallest absolute Gasteiger partial charge is 0.369 e. The molecule has 4 rings (SSSR count). The van der Waals surface area contributed by atoms with E-state index in [4.69, 9.17) is 5.73 Å². The van der Waals surface area contributed by atoms with Crippen molar-refractivity contribution in [1.82, 2.24) is 0 Å². The summed E-state index contributed by atoms with van der Waals surface area (Å²) in [6.45, 7) is 0.380. The molecule has 2 N–H and O–H groups in total. The maximum atomic E-state index is 12.8. The fraction of sp³-hybridized carbons (Fsp3) is 0.158. The third-order valence-corrected chi connectivity index (χ3v) is 5.57. The van der Waals surface area contributed by atoms with E-state index in [2.05, 4.69) is 5.10 Å². The summed E-state index contributed by atoms with van der Waals surface area (Å²) >= 11 is 1.49. The Morgan fingerprint density at radius 3 is 2.52 bits per heavy atom. The molecular weight excluding hydrogens is 375 g/mol. The number of halogens is 3. The van der Waals surface area contributed by atoms with Crippen molar-refractivity contribution in [3.8, 4) is 0 Å². The Kier molecular flexibility index (Phi) is 4.22. The van der Waals surface area contributed by atoms with Gasteiger partial charge < -0.3 is 5.73 Å². The topological polar surface area (TPSA) is 58.7 Å². The zero-order chi connectivity index (χ0) is 19.2. The molecule has 2 aromatic rings. The predicted molar refractivity (Wildman–Crippen MR) is 98.5 cm³/mol. The van der Waals surface area contributed by atoms with Gasteiger partial charge in [-0.25, -0.2) is 0 Å². The molecule has 2 heterocycles. The Morgan fingerprint density at radius 2 is 1.85 bits per heavy atom. The predicted octanol–water partition coefficient (Wildman–Crippen LogP) is 4.16. The molecule has 0 spiro atoms. The van der Waals surface area contributed by atoms with Gasteiger partial charge in [-0.3, -0.25) is 9.80 Å². The van der Waals surface area contributed by atoms with Crippen LogP contribution in [0.25, 0.3) is 0 Å². The van der Waals surface area contributed by atoms with Crippen LogP contribution in [0.3, 0.4) is 0 Å². The second-order valence-electron chi connectivity index (χ2n) is 6.19. The lowest BCUT2D eigenvalue weighted by molar-refractivity contribution is -0.137. The highest BCUT2D eigenvalue weighted by Gasteiger charge is 2.33. The Morgan fingerprint density at radius 1 is 1.15 bits per heavy atom. The number of hydrogen-bond donors (Lipinski definition) is 1. The number of hydrogen-bond acceptors (Lipinski definition) is 4. The number of alkyl halides is 3. The minimum absolute atomic E-state index is 0.105. The number of nitrogens with two attached hydrogens (primary N) is 1. The maximum absolute atomic E-state index is 12.8. The number of benzene rings is 2. The van der Waals surface area contributed by atoms with Gasteiger partial charge in [-0.05, 0) is 30.3 Å². The fourth-order valence-electron chi connectivity index (χ4n) is 3.10. The Labute approximate surface area is 157 Å². The zero-order valence-corrected chi connectivity index (χ0v) is 14.8. The first kappa shape index (κ1) is 17.7. The molecule has 2 aromatic carbocycles. The van der Waals surface area contributed by atoms with Crippen LogP contribution in [0.2, 0.25) is 0 Å². The monoisotopic (exact) mass is 389 g/mol. The maximum Gasteiger partial charge on any atom is 0.416 e. The van der Waals surface area contributed by atoms with Crippen molar-refractivity contribution in [3.63, 3.8) is 0 Å². The van der Waals surface area contributed by atoms with Crippen molar-refractivity contribution in [2.24, 2.45) is 10.8 Å². The molecule has 0 aliphatic carbocycles. The molecule has 0 radical (unpaired) electrons. The molecular formula is C19H14F3N3OS. The van der Waals surface area contributed by atoms with E-state index in [1.165, 1.54) is 23.9 Å². The molecule has 4 nitrogen and oxygen atoms in total. The van der Waals surface area contributed by atoms with Crippen LogP contribution in [0.1, 0.15) is 17.5 Å². The number of primary amides is 1. The lowest BCUT2D eigenvalue weighted by atomic mass is 10.0. The molecule has 0 saturated carbocycles. The number of fused-ring (bicyclic) bond motifs is 3. The van der Waals surface area contributed by atoms with E-state index in [0.29, 0.717) is 12.2 Å². The number of thioether (sulfide) groups is 1. The Bertz CT molecular complexity index is 980. The molecule has 1 amide bonds. The summed E-state index contributed by atoms with van der Waals surface area (Å²) in [7, 11) is 0. The molecule has 0 fully saturated rings. The number of carbonyl (C=O) groups is 1. The van der Waals surface area contributed by atoms with Gasteiger partial charge in [-0.1, -0.05) is 30.0 Å². The van der Waals surface area contributed by atoms with Gasteiger partial charge in [0.2, 0.25) is 5.91 Å². The molecule has 2 aliphatic rings. The van der Waals surface area contributed by atoms with Crippen molar-refractivity contribution in [1.29, 1.82) is 0 Å². The molecule has 27 heavy (non-hydrogen) atoms. The summed E-state index contributed by atoms with van der Waals surface area (Å²) in [4.78, 5) is 13.3. The van der Waals surface area contributed by atoms with Crippen molar-refractivity contribution < 1.29 is 18.0 Å². The summed E-state index contributed by atoms with van der Waals surface area (Å²) < 4.78 is 38.3. The van der Waals surface area contributed by atoms with Crippen LogP contribution in [0.15, 0.2) is 69.0 Å². The molecule has 0 atom stereocenters. The van der Waals surface area contributed by atoms with Crippen LogP contribution in [-0.2, 0) is 11.0 Å². The molecule has 0 aromatic heterocycles. The quantitative estimate of drug-likeness (QED) is 0.857. The average Bonchev–Trinajstić information content (AvgIpc) is 3.07. The first-order valence-electron chi connectivity index (χ1n) is 8.14. The number of anilines is 1. The summed E-state index contributed by atoms with van der Waals surface area (Å²) in [6.07, 6.45) is -4.27. The van der Waals surface area contributed by atoms with Crippen molar-refractivity contribution in [3.05, 3.63) is 70.1 Å². The van der Waals surface area contributed by atoms with Gasteiger partial charge in [0.15, 0.2) is 0 Å². The third-order valence-electron chi connectivity index (χ3n) is 4.35. The molecule has 0 saturated heterocycles. The summed E-state index contributed by atoms with van der Waals surface area (Å²) in [5.41, 5.74) is 7.80. The van der Waals surface area contributed by atoms with E-state index in [9.17, 15) is 18.0 Å². The van der Waals surface area contributed by atoms with Crippen LogP contribution in [0.4, 0.5) is 18.9 Å². The highest BCUT2D eigenvalue weighted by molar-refractivity contribution is 8.03. The minimum Gasteiger partial charge on any atom is -0.369 e. The standard InChI is InChI=1S/C19H14F3N3OS/c20-19(21,22)11-5-7-12(8-6-11)25-10-14-16(9-17(23)26)27-15-4-2-1-3-13(15)18(14)24-25/h1-8H,9-10H2,(H2,23,26). The Hall–Kier alpha value is -2.74. The fourth-order valence-corrected chi connectivity index (χ4v) is 4.28. The molecule has 0 unspecified atom stereocenters. The summed E-state index contributed by atoms with van der Waals surface area (Å²) in [5.74, 6) is -0.434. The number of amides is 1. The average molecular weight is 389 g/mol. The third kappa shape index (κ3) is 3.32. The lowest BCUT2D eigenvalue weighted by Gasteiger charge is -2.19. The highest BCUT2D eigenvalue weighted by atomic mass is 32.2. The second-order valence-corrected chi connectivity index (χ2v) is 7.33. The van der Waals surface area contributed by atoms with Crippen LogP contribution in [-0.4, -0.2) is 18.2 Å². The number of hydrazone groups is 1. The van der Waals surface area contributed by atoms with Gasteiger partial charge in [0.1, 0.15) is 0 Å². The SMILES string of the molecule is NC(=O)CC1=C2CN(c3ccc(C(F)(F)F)cc3)N=C2c2ccccc2S1. The van der Waals surface area contributed by atoms with Crippen LogP contribution < -0.4 is 10.7 Å². The van der Waals surface area contributed by atoms with Crippen LogP contribution in [0.5, 0.6) is 0 Å². The Balaban J connectivity index is 1.73. The van der Waals surface area contributed by atoms with Crippen molar-refractivity contribution in [2.45, 2.75) is 17.5 Å². The second kappa shape index (κ2) is 6.45. The van der Waals surface area contributed by atoms with E-state index >= 15 is 0 Å². The van der Waals surface area contributed by atoms with Crippen molar-refractivity contribution >= 4 is 29.1 Å². The van der Waals surface area contributed by atoms with E-state index in [1.54, 1.807) is 5.01 Å². The lowest BCUT2D eigenvalue weighted by Crippen LogP contribution is -2.18. The summed E-state index contributed by atoms with van der Waals surface area (Å²) in [5, 5.41) is 6.26. The number of rotatable bonds is 3. The molecule has 0 bridgehead atoms. The molecule has 8 heteroatoms. The number of carbonyl (C=O) groups excluding carboxylic acids is 1. The largest absolute Gasteiger partial charge is 0.416 e. The van der Waals surface area contributed by atoms with Crippen molar-refractivity contribution in [2.75, 3.05) is 11.6 Å². The van der Waals surface area contributed by atoms with Gasteiger partial charge in [0.05, 0.1) is 29.9 Å². The van der Waals surface area contributed by atoms with Gasteiger partial charge in [-0.15, -0.1) is 0 Å². The molecule has 2 aliphatic heterocycles. The van der Waals surface area contributed by atoms with E-state index in [-0.39, 0.29) is 6.42 Å². The minimum atomic E-state index is -4.38. The molecule has 138 valence electrons. The van der Waals surface area contributed by atoms with Gasteiger partial charge in [0.25, 0.3) is 0 Å². The normalized spacial score (nSPS) is 16.1. The highest BCUT2D eigenvalue weighted by Crippen LogP contribution is 2.43.